The average molecular weight is 275 g/mol. The summed E-state index contributed by atoms with van der Waals surface area (Å²) in [5.74, 6) is -0.724. The summed E-state index contributed by atoms with van der Waals surface area (Å²) in [6, 6.07) is -1.02. The van der Waals surface area contributed by atoms with E-state index in [4.69, 9.17) is 16.2 Å². The van der Waals surface area contributed by atoms with Crippen LogP contribution in [-0.2, 0) is 9.53 Å². The second-order valence-corrected chi connectivity index (χ2v) is 4.51. The number of carbonyl (C=O) groups excluding carboxylic acids is 1. The molecule has 0 rings (SSSR count). The van der Waals surface area contributed by atoms with Crippen LogP contribution in [0.3, 0.4) is 0 Å². The van der Waals surface area contributed by atoms with Gasteiger partial charge in [0.15, 0.2) is 6.04 Å². The smallest absolute Gasteiger partial charge is 0.334 e. The highest BCUT2D eigenvalue weighted by Crippen LogP contribution is 2.12. The molecule has 0 aromatic heterocycles. The third-order valence-electron chi connectivity index (χ3n) is 2.82. The van der Waals surface area contributed by atoms with E-state index in [0.29, 0.717) is 25.8 Å². The van der Waals surface area contributed by atoms with E-state index in [1.807, 2.05) is 6.92 Å². The predicted octanol–water partition coefficient (Wildman–Crippen LogP) is 0.630. The summed E-state index contributed by atoms with van der Waals surface area (Å²) in [5.41, 5.74) is 10.7. The van der Waals surface area contributed by atoms with E-state index in [1.54, 1.807) is 0 Å². The Bertz CT molecular complexity index is 261. The summed E-state index contributed by atoms with van der Waals surface area (Å²) < 4.78 is 5.03. The van der Waals surface area contributed by atoms with Crippen molar-refractivity contribution in [2.75, 3.05) is 6.54 Å². The Morgan fingerprint density at radius 2 is 2.00 bits per heavy atom. The summed E-state index contributed by atoms with van der Waals surface area (Å²) in [4.78, 5) is 22.4. The molecule has 0 spiro atoms. The first kappa shape index (κ1) is 17.9. The molecule has 0 aliphatic heterocycles. The summed E-state index contributed by atoms with van der Waals surface area (Å²) >= 11 is 0. The van der Waals surface area contributed by atoms with Crippen LogP contribution in [0.1, 0.15) is 45.4 Å². The minimum atomic E-state index is -1.28. The molecule has 0 saturated carbocycles. The van der Waals surface area contributed by atoms with Gasteiger partial charge in [-0.05, 0) is 25.8 Å². The molecule has 0 radical (unpaired) electrons. The number of unbranched alkanes of at least 4 members (excludes halogenated alkanes) is 2. The molecule has 0 heterocycles. The molecule has 0 amide bonds. The number of nitroso groups, excluding NO2 is 1. The molecule has 3 unspecified atom stereocenters. The Kier molecular flexibility index (Phi) is 10.2. The minimum Gasteiger partial charge on any atom is -0.456 e. The number of nitrogens with zero attached hydrogens (tertiary/aromatic N) is 1. The molecule has 0 aromatic rings. The van der Waals surface area contributed by atoms with Gasteiger partial charge in [-0.2, -0.15) is 0 Å². The van der Waals surface area contributed by atoms with Crippen LogP contribution < -0.4 is 11.5 Å². The van der Waals surface area contributed by atoms with Crippen LogP contribution in [0.25, 0.3) is 0 Å². The lowest BCUT2D eigenvalue weighted by atomic mass is 10.1. The molecule has 5 N–H and O–H groups in total. The van der Waals surface area contributed by atoms with Gasteiger partial charge in [0, 0.05) is 0 Å². The fourth-order valence-corrected chi connectivity index (χ4v) is 1.65. The van der Waals surface area contributed by atoms with Gasteiger partial charge in [0.25, 0.3) is 0 Å². The lowest BCUT2D eigenvalue weighted by Crippen LogP contribution is -2.40. The van der Waals surface area contributed by atoms with Gasteiger partial charge in [-0.15, -0.1) is 4.91 Å². The molecule has 3 atom stereocenters. The molecule has 112 valence electrons. The SMILES string of the molecule is CCCCCC(N=O)C(=O)OC(CCCN)C(N)O. The van der Waals surface area contributed by atoms with Gasteiger partial charge in [-0.3, -0.25) is 0 Å². The number of aliphatic hydroxyl groups excluding tert-OH is 1. The first-order valence-corrected chi connectivity index (χ1v) is 6.73. The van der Waals surface area contributed by atoms with Crippen molar-refractivity contribution in [3.05, 3.63) is 4.91 Å². The molecule has 19 heavy (non-hydrogen) atoms. The Labute approximate surface area is 113 Å². The van der Waals surface area contributed by atoms with Crippen LogP contribution in [-0.4, -0.2) is 36.0 Å². The molecular weight excluding hydrogens is 250 g/mol. The lowest BCUT2D eigenvalue weighted by Gasteiger charge is -2.21. The fourth-order valence-electron chi connectivity index (χ4n) is 1.65. The van der Waals surface area contributed by atoms with Crippen molar-refractivity contribution in [1.29, 1.82) is 0 Å². The Hall–Kier alpha value is -1.05. The van der Waals surface area contributed by atoms with Gasteiger partial charge in [-0.25, -0.2) is 4.79 Å². The molecule has 7 nitrogen and oxygen atoms in total. The van der Waals surface area contributed by atoms with Gasteiger partial charge >= 0.3 is 5.97 Å². The lowest BCUT2D eigenvalue weighted by molar-refractivity contribution is -0.157. The normalized spacial score (nSPS) is 15.6. The van der Waals surface area contributed by atoms with E-state index in [0.717, 1.165) is 19.3 Å². The summed E-state index contributed by atoms with van der Waals surface area (Å²) in [5, 5.41) is 12.1. The zero-order valence-electron chi connectivity index (χ0n) is 11.5. The van der Waals surface area contributed by atoms with Crippen molar-refractivity contribution in [1.82, 2.24) is 0 Å². The van der Waals surface area contributed by atoms with E-state index in [2.05, 4.69) is 5.18 Å². The first-order chi connectivity index (χ1) is 9.06. The highest BCUT2D eigenvalue weighted by molar-refractivity contribution is 5.76. The molecule has 0 fully saturated rings. The van der Waals surface area contributed by atoms with Gasteiger partial charge in [0.05, 0.1) is 0 Å². The number of aliphatic hydroxyl groups is 1. The van der Waals surface area contributed by atoms with Gasteiger partial charge in [0.2, 0.25) is 0 Å². The Morgan fingerprint density at radius 1 is 1.32 bits per heavy atom. The number of hydrogen-bond donors (Lipinski definition) is 3. The molecule has 7 heteroatoms. The predicted molar refractivity (Wildman–Crippen MR) is 72.1 cm³/mol. The van der Waals surface area contributed by atoms with E-state index in [1.165, 1.54) is 0 Å². The fraction of sp³-hybridized carbons (Fsp3) is 0.917. The highest BCUT2D eigenvalue weighted by Gasteiger charge is 2.26. The van der Waals surface area contributed by atoms with Gasteiger partial charge in [-0.1, -0.05) is 31.4 Å². The van der Waals surface area contributed by atoms with E-state index in [9.17, 15) is 14.8 Å². The highest BCUT2D eigenvalue weighted by atomic mass is 16.6. The molecule has 0 saturated heterocycles. The number of hydrogen-bond acceptors (Lipinski definition) is 7. The molecule has 0 aliphatic carbocycles. The van der Waals surface area contributed by atoms with Gasteiger partial charge < -0.3 is 21.3 Å². The van der Waals surface area contributed by atoms with E-state index < -0.39 is 24.3 Å². The summed E-state index contributed by atoms with van der Waals surface area (Å²) in [6.45, 7) is 2.43. The second kappa shape index (κ2) is 10.8. The third kappa shape index (κ3) is 7.86. The van der Waals surface area contributed by atoms with Crippen LogP contribution >= 0.6 is 0 Å². The van der Waals surface area contributed by atoms with Crippen LogP contribution in [0.4, 0.5) is 0 Å². The Balaban J connectivity index is 4.29. The van der Waals surface area contributed by atoms with Crippen molar-refractivity contribution in [2.45, 2.75) is 63.8 Å². The van der Waals surface area contributed by atoms with E-state index >= 15 is 0 Å². The standard InChI is InChI=1S/C12H25N3O4/c1-2-3-4-6-9(15-18)12(17)19-10(11(14)16)7-5-8-13/h9-11,16H,2-8,13-14H2,1H3. The summed E-state index contributed by atoms with van der Waals surface area (Å²) in [7, 11) is 0. The average Bonchev–Trinajstić information content (AvgIpc) is 2.39. The zero-order valence-corrected chi connectivity index (χ0v) is 11.5. The quantitative estimate of drug-likeness (QED) is 0.219. The van der Waals surface area contributed by atoms with Crippen molar-refractivity contribution in [3.63, 3.8) is 0 Å². The monoisotopic (exact) mass is 275 g/mol. The maximum absolute atomic E-state index is 11.7. The van der Waals surface area contributed by atoms with E-state index in [-0.39, 0.29) is 0 Å². The summed E-state index contributed by atoms with van der Waals surface area (Å²) in [6.07, 6.45) is 1.82. The maximum atomic E-state index is 11.7. The van der Waals surface area contributed by atoms with Crippen molar-refractivity contribution in [3.8, 4) is 0 Å². The zero-order chi connectivity index (χ0) is 14.7. The molecule has 0 aromatic carbocycles. The minimum absolute atomic E-state index is 0.362. The van der Waals surface area contributed by atoms with Crippen LogP contribution in [0.5, 0.6) is 0 Å². The first-order valence-electron chi connectivity index (χ1n) is 6.73. The number of carbonyl (C=O) groups is 1. The molecule has 0 bridgehead atoms. The second-order valence-electron chi connectivity index (χ2n) is 4.51. The third-order valence-corrected chi connectivity index (χ3v) is 2.82. The topological polar surface area (TPSA) is 128 Å². The van der Waals surface area contributed by atoms with Crippen molar-refractivity contribution < 1.29 is 14.6 Å². The van der Waals surface area contributed by atoms with Crippen LogP contribution in [0.2, 0.25) is 0 Å². The molecule has 0 aliphatic rings. The van der Waals surface area contributed by atoms with Crippen LogP contribution in [0.15, 0.2) is 5.18 Å². The van der Waals surface area contributed by atoms with Crippen molar-refractivity contribution in [2.24, 2.45) is 16.6 Å². The number of rotatable bonds is 11. The number of esters is 1. The van der Waals surface area contributed by atoms with Gasteiger partial charge in [0.1, 0.15) is 12.3 Å². The number of ether oxygens (including phenoxy) is 1. The largest absolute Gasteiger partial charge is 0.456 e. The van der Waals surface area contributed by atoms with Crippen LogP contribution in [0, 0.1) is 4.91 Å². The van der Waals surface area contributed by atoms with Crippen molar-refractivity contribution >= 4 is 5.97 Å². The maximum Gasteiger partial charge on any atom is 0.334 e. The molecular formula is C12H25N3O4. The Morgan fingerprint density at radius 3 is 2.47 bits per heavy atom. The number of nitrogens with two attached hydrogens (primary N) is 2.